The maximum Gasteiger partial charge on any atom is 0.270 e. The van der Waals surface area contributed by atoms with Crippen molar-refractivity contribution < 1.29 is 4.79 Å². The Hall–Kier alpha value is -2.63. The Kier molecular flexibility index (Phi) is 6.95. The van der Waals surface area contributed by atoms with Gasteiger partial charge in [0, 0.05) is 26.2 Å². The molecule has 6 heteroatoms. The number of carbonyl (C=O) groups excluding carboxylic acids is 1. The van der Waals surface area contributed by atoms with Gasteiger partial charge in [0.1, 0.15) is 11.5 Å². The molecule has 0 unspecified atom stereocenters. The first-order chi connectivity index (χ1) is 14.0. The SMILES string of the molecule is Cc1ccc(N2CCN(C)CC2)nc1C(=O)N[C@H](C)c1cccc2ccccc12.Cl. The Morgan fingerprint density at radius 3 is 2.47 bits per heavy atom. The van der Waals surface area contributed by atoms with Crippen molar-refractivity contribution in [3.8, 4) is 0 Å². The van der Waals surface area contributed by atoms with Crippen LogP contribution in [-0.4, -0.2) is 49.0 Å². The molecular weight excluding hydrogens is 396 g/mol. The number of nitrogens with zero attached hydrogens (tertiary/aromatic N) is 3. The number of piperazine rings is 1. The fourth-order valence-electron chi connectivity index (χ4n) is 3.93. The molecule has 1 fully saturated rings. The zero-order valence-corrected chi connectivity index (χ0v) is 18.6. The van der Waals surface area contributed by atoms with E-state index in [1.54, 1.807) is 0 Å². The number of amides is 1. The van der Waals surface area contributed by atoms with Crippen LogP contribution in [0.3, 0.4) is 0 Å². The third kappa shape index (κ3) is 4.58. The Bertz CT molecular complexity index is 1030. The molecule has 5 nitrogen and oxygen atoms in total. The van der Waals surface area contributed by atoms with E-state index in [1.807, 2.05) is 44.2 Å². The average molecular weight is 425 g/mol. The van der Waals surface area contributed by atoms with E-state index in [4.69, 9.17) is 4.98 Å². The van der Waals surface area contributed by atoms with Gasteiger partial charge in [0.2, 0.25) is 0 Å². The zero-order chi connectivity index (χ0) is 20.4. The summed E-state index contributed by atoms with van der Waals surface area (Å²) < 4.78 is 0. The van der Waals surface area contributed by atoms with Gasteiger partial charge < -0.3 is 15.1 Å². The topological polar surface area (TPSA) is 48.5 Å². The molecule has 0 radical (unpaired) electrons. The Balaban J connectivity index is 0.00000256. The minimum Gasteiger partial charge on any atom is -0.354 e. The van der Waals surface area contributed by atoms with Crippen molar-refractivity contribution in [2.45, 2.75) is 19.9 Å². The summed E-state index contributed by atoms with van der Waals surface area (Å²) in [6.07, 6.45) is 0. The summed E-state index contributed by atoms with van der Waals surface area (Å²) in [5.74, 6) is 0.755. The Morgan fingerprint density at radius 2 is 1.70 bits per heavy atom. The summed E-state index contributed by atoms with van der Waals surface area (Å²) in [5, 5.41) is 5.50. The third-order valence-electron chi connectivity index (χ3n) is 5.76. The van der Waals surface area contributed by atoms with Crippen LogP contribution in [0.2, 0.25) is 0 Å². The van der Waals surface area contributed by atoms with E-state index in [-0.39, 0.29) is 24.4 Å². The summed E-state index contributed by atoms with van der Waals surface area (Å²) in [6, 6.07) is 18.4. The summed E-state index contributed by atoms with van der Waals surface area (Å²) >= 11 is 0. The van der Waals surface area contributed by atoms with Gasteiger partial charge in [0.05, 0.1) is 6.04 Å². The molecule has 0 aliphatic carbocycles. The van der Waals surface area contributed by atoms with Crippen LogP contribution >= 0.6 is 12.4 Å². The number of pyridine rings is 1. The van der Waals surface area contributed by atoms with Gasteiger partial charge in [0.25, 0.3) is 5.91 Å². The van der Waals surface area contributed by atoms with E-state index < -0.39 is 0 Å². The van der Waals surface area contributed by atoms with E-state index in [2.05, 4.69) is 46.4 Å². The number of hydrogen-bond donors (Lipinski definition) is 1. The predicted molar refractivity (Wildman–Crippen MR) is 126 cm³/mol. The van der Waals surface area contributed by atoms with Gasteiger partial charge in [-0.25, -0.2) is 4.98 Å². The molecule has 1 aromatic heterocycles. The summed E-state index contributed by atoms with van der Waals surface area (Å²) in [4.78, 5) is 22.4. The molecule has 1 aliphatic rings. The predicted octanol–water partition coefficient (Wildman–Crippen LogP) is 4.21. The standard InChI is InChI=1S/C24H28N4O.ClH/c1-17-11-12-22(28-15-13-27(3)14-16-28)26-23(17)24(29)25-18(2)20-10-6-8-19-7-4-5-9-21(19)20;/h4-12,18H,13-16H2,1-3H3,(H,25,29);1H/t18-;/m1./s1. The largest absolute Gasteiger partial charge is 0.354 e. The van der Waals surface area contributed by atoms with E-state index in [9.17, 15) is 4.79 Å². The average Bonchev–Trinajstić information content (AvgIpc) is 2.74. The van der Waals surface area contributed by atoms with Crippen LogP contribution in [0.5, 0.6) is 0 Å². The first-order valence-corrected chi connectivity index (χ1v) is 10.2. The highest BCUT2D eigenvalue weighted by Crippen LogP contribution is 2.25. The van der Waals surface area contributed by atoms with Gasteiger partial charge >= 0.3 is 0 Å². The lowest BCUT2D eigenvalue weighted by Gasteiger charge is -2.33. The quantitative estimate of drug-likeness (QED) is 0.681. The molecule has 0 saturated carbocycles. The highest BCUT2D eigenvalue weighted by atomic mass is 35.5. The highest BCUT2D eigenvalue weighted by Gasteiger charge is 2.20. The molecule has 2 heterocycles. The second-order valence-electron chi connectivity index (χ2n) is 7.89. The number of fused-ring (bicyclic) bond motifs is 1. The number of hydrogen-bond acceptors (Lipinski definition) is 4. The van der Waals surface area contributed by atoms with Crippen LogP contribution in [0, 0.1) is 6.92 Å². The van der Waals surface area contributed by atoms with Crippen molar-refractivity contribution in [3.05, 3.63) is 71.4 Å². The van der Waals surface area contributed by atoms with Crippen molar-refractivity contribution in [2.75, 3.05) is 38.1 Å². The molecule has 0 bridgehead atoms. The molecule has 1 amide bonds. The number of carbonyl (C=O) groups is 1. The van der Waals surface area contributed by atoms with Crippen molar-refractivity contribution in [1.82, 2.24) is 15.2 Å². The molecule has 0 spiro atoms. The van der Waals surface area contributed by atoms with Gasteiger partial charge in [0.15, 0.2) is 0 Å². The van der Waals surface area contributed by atoms with Crippen molar-refractivity contribution in [1.29, 1.82) is 0 Å². The maximum absolute atomic E-state index is 13.1. The van der Waals surface area contributed by atoms with Crippen LogP contribution in [-0.2, 0) is 0 Å². The maximum atomic E-state index is 13.1. The lowest BCUT2D eigenvalue weighted by Crippen LogP contribution is -2.45. The first kappa shape index (κ1) is 22.1. The fourth-order valence-corrected chi connectivity index (χ4v) is 3.93. The molecule has 158 valence electrons. The molecular formula is C24H29ClN4O. The second-order valence-corrected chi connectivity index (χ2v) is 7.89. The smallest absolute Gasteiger partial charge is 0.270 e. The number of rotatable bonds is 4. The van der Waals surface area contributed by atoms with Crippen molar-refractivity contribution in [3.63, 3.8) is 0 Å². The molecule has 30 heavy (non-hydrogen) atoms. The van der Waals surface area contributed by atoms with Gasteiger partial charge in [-0.15, -0.1) is 12.4 Å². The van der Waals surface area contributed by atoms with Crippen LogP contribution in [0.1, 0.15) is 34.6 Å². The number of aryl methyl sites for hydroxylation is 1. The Labute approximate surface area is 184 Å². The molecule has 1 atom stereocenters. The first-order valence-electron chi connectivity index (χ1n) is 10.2. The molecule has 4 rings (SSSR count). The van der Waals surface area contributed by atoms with Crippen LogP contribution in [0.15, 0.2) is 54.6 Å². The summed E-state index contributed by atoms with van der Waals surface area (Å²) in [7, 11) is 2.13. The minimum atomic E-state index is -0.126. The Morgan fingerprint density at radius 1 is 1.00 bits per heavy atom. The normalized spacial score (nSPS) is 15.5. The number of halogens is 1. The number of aromatic nitrogens is 1. The van der Waals surface area contributed by atoms with Crippen molar-refractivity contribution >= 4 is 34.9 Å². The highest BCUT2D eigenvalue weighted by molar-refractivity contribution is 5.95. The number of nitrogens with one attached hydrogen (secondary N) is 1. The number of benzene rings is 2. The van der Waals surface area contributed by atoms with Gasteiger partial charge in [-0.3, -0.25) is 4.79 Å². The minimum absolute atomic E-state index is 0. The van der Waals surface area contributed by atoms with Crippen LogP contribution in [0.4, 0.5) is 5.82 Å². The molecule has 1 N–H and O–H groups in total. The lowest BCUT2D eigenvalue weighted by molar-refractivity contribution is 0.0934. The van der Waals surface area contributed by atoms with E-state index in [1.165, 1.54) is 10.8 Å². The number of likely N-dealkylation sites (N-methyl/N-ethyl adjacent to an activating group) is 1. The van der Waals surface area contributed by atoms with Gasteiger partial charge in [-0.1, -0.05) is 48.5 Å². The monoisotopic (exact) mass is 424 g/mol. The van der Waals surface area contributed by atoms with E-state index >= 15 is 0 Å². The molecule has 2 aromatic carbocycles. The van der Waals surface area contributed by atoms with Gasteiger partial charge in [-0.05, 0) is 48.9 Å². The third-order valence-corrected chi connectivity index (χ3v) is 5.76. The van der Waals surface area contributed by atoms with Gasteiger partial charge in [-0.2, -0.15) is 0 Å². The second kappa shape index (κ2) is 9.45. The van der Waals surface area contributed by atoms with E-state index in [0.29, 0.717) is 5.69 Å². The van der Waals surface area contributed by atoms with E-state index in [0.717, 1.165) is 43.1 Å². The number of anilines is 1. The molecule has 3 aromatic rings. The van der Waals surface area contributed by atoms with Crippen molar-refractivity contribution in [2.24, 2.45) is 0 Å². The molecule has 1 aliphatic heterocycles. The fraction of sp³-hybridized carbons (Fsp3) is 0.333. The summed E-state index contributed by atoms with van der Waals surface area (Å²) in [6.45, 7) is 7.85. The zero-order valence-electron chi connectivity index (χ0n) is 17.8. The van der Waals surface area contributed by atoms with Crippen LogP contribution < -0.4 is 10.2 Å². The molecule has 1 saturated heterocycles. The lowest BCUT2D eigenvalue weighted by atomic mass is 9.99. The van der Waals surface area contributed by atoms with Crippen LogP contribution in [0.25, 0.3) is 10.8 Å². The summed E-state index contributed by atoms with van der Waals surface area (Å²) in [5.41, 5.74) is 2.52.